The van der Waals surface area contributed by atoms with Gasteiger partial charge < -0.3 is 9.67 Å². The van der Waals surface area contributed by atoms with Gasteiger partial charge in [-0.25, -0.2) is 13.4 Å². The molecule has 0 aliphatic carbocycles. The molecule has 2 rings (SSSR count). The summed E-state index contributed by atoms with van der Waals surface area (Å²) in [5, 5.41) is 9.00. The zero-order chi connectivity index (χ0) is 14.2. The van der Waals surface area contributed by atoms with Crippen molar-refractivity contribution in [3.63, 3.8) is 0 Å². The number of carboxylic acids is 1. The summed E-state index contributed by atoms with van der Waals surface area (Å²) in [6.45, 7) is 2.07. The molecule has 1 N–H and O–H groups in total. The van der Waals surface area contributed by atoms with Crippen molar-refractivity contribution in [1.82, 2.24) is 13.9 Å². The van der Waals surface area contributed by atoms with Crippen molar-refractivity contribution in [1.29, 1.82) is 0 Å². The van der Waals surface area contributed by atoms with Crippen LogP contribution in [0.15, 0.2) is 11.2 Å². The van der Waals surface area contributed by atoms with Gasteiger partial charge in [0.15, 0.2) is 5.03 Å². The second-order valence-electron chi connectivity index (χ2n) is 4.79. The highest BCUT2D eigenvalue weighted by molar-refractivity contribution is 7.89. The second-order valence-corrected chi connectivity index (χ2v) is 6.78. The summed E-state index contributed by atoms with van der Waals surface area (Å²) in [5.74, 6) is -0.987. The molecule has 1 aliphatic heterocycles. The van der Waals surface area contributed by atoms with Gasteiger partial charge in [-0.2, -0.15) is 4.31 Å². The Morgan fingerprint density at radius 2 is 2.32 bits per heavy atom. The van der Waals surface area contributed by atoms with Crippen LogP contribution < -0.4 is 0 Å². The van der Waals surface area contributed by atoms with Crippen molar-refractivity contribution < 1.29 is 18.3 Å². The third-order valence-electron chi connectivity index (χ3n) is 3.31. The topological polar surface area (TPSA) is 92.5 Å². The van der Waals surface area contributed by atoms with E-state index in [1.807, 2.05) is 0 Å². The van der Waals surface area contributed by atoms with Crippen LogP contribution in [-0.2, 0) is 27.8 Å². The molecular weight excluding hydrogens is 270 g/mol. The van der Waals surface area contributed by atoms with Gasteiger partial charge in [-0.3, -0.25) is 4.79 Å². The molecule has 0 spiro atoms. The number of carbonyl (C=O) groups is 1. The average Bonchev–Trinajstić information content (AvgIpc) is 2.89. The Morgan fingerprint density at radius 3 is 2.95 bits per heavy atom. The van der Waals surface area contributed by atoms with E-state index in [9.17, 15) is 13.2 Å². The van der Waals surface area contributed by atoms with E-state index in [0.29, 0.717) is 6.54 Å². The van der Waals surface area contributed by atoms with Crippen LogP contribution in [0.5, 0.6) is 0 Å². The lowest BCUT2D eigenvalue weighted by molar-refractivity contribution is -0.141. The third kappa shape index (κ3) is 2.50. The number of nitrogens with zero attached hydrogens (tertiary/aromatic N) is 3. The molecule has 0 saturated heterocycles. The number of imidazole rings is 1. The Labute approximate surface area is 111 Å². The lowest BCUT2D eigenvalue weighted by Crippen LogP contribution is -2.34. The third-order valence-corrected chi connectivity index (χ3v) is 5.13. The van der Waals surface area contributed by atoms with E-state index in [1.165, 1.54) is 20.2 Å². The van der Waals surface area contributed by atoms with Crippen molar-refractivity contribution in [3.05, 3.63) is 12.0 Å². The number of sulfonamides is 1. The van der Waals surface area contributed by atoms with E-state index in [0.717, 1.165) is 23.0 Å². The van der Waals surface area contributed by atoms with Gasteiger partial charge in [0.25, 0.3) is 10.0 Å². The number of hydrogen-bond donors (Lipinski definition) is 1. The van der Waals surface area contributed by atoms with Crippen LogP contribution in [0.1, 0.15) is 19.2 Å². The first kappa shape index (κ1) is 14.0. The Bertz CT molecular complexity index is 593. The van der Waals surface area contributed by atoms with Crippen molar-refractivity contribution in [3.8, 4) is 0 Å². The molecule has 2 heterocycles. The zero-order valence-corrected chi connectivity index (χ0v) is 11.7. The van der Waals surface area contributed by atoms with E-state index in [2.05, 4.69) is 4.98 Å². The molecule has 1 atom stereocenters. The predicted molar refractivity (Wildman–Crippen MR) is 67.2 cm³/mol. The number of hydrogen-bond acceptors (Lipinski definition) is 4. The fourth-order valence-electron chi connectivity index (χ4n) is 2.16. The fraction of sp³-hybridized carbons (Fsp3) is 0.636. The van der Waals surface area contributed by atoms with Gasteiger partial charge in [-0.05, 0) is 6.42 Å². The predicted octanol–water partition coefficient (Wildman–Crippen LogP) is 0.170. The molecule has 0 saturated carbocycles. The molecule has 0 aromatic carbocycles. The van der Waals surface area contributed by atoms with Crippen molar-refractivity contribution in [2.24, 2.45) is 5.92 Å². The van der Waals surface area contributed by atoms with Crippen LogP contribution >= 0.6 is 0 Å². The highest BCUT2D eigenvalue weighted by Crippen LogP contribution is 2.22. The molecule has 1 aromatic rings. The summed E-state index contributed by atoms with van der Waals surface area (Å²) < 4.78 is 27.5. The molecule has 7 nitrogen and oxygen atoms in total. The van der Waals surface area contributed by atoms with E-state index < -0.39 is 21.9 Å². The first-order valence-corrected chi connectivity index (χ1v) is 7.51. The van der Waals surface area contributed by atoms with Crippen LogP contribution in [0.4, 0.5) is 0 Å². The van der Waals surface area contributed by atoms with Crippen molar-refractivity contribution >= 4 is 16.0 Å². The van der Waals surface area contributed by atoms with Crippen LogP contribution in [-0.4, -0.2) is 46.9 Å². The van der Waals surface area contributed by atoms with Gasteiger partial charge in [-0.1, -0.05) is 6.92 Å². The van der Waals surface area contributed by atoms with E-state index in [1.54, 1.807) is 4.57 Å². The number of carboxylic acid groups (broad SMARTS) is 1. The largest absolute Gasteiger partial charge is 0.481 e. The maximum Gasteiger partial charge on any atom is 0.307 e. The number of aliphatic carboxylic acids is 1. The molecular formula is C11H17N3O4S. The quantitative estimate of drug-likeness (QED) is 0.833. The minimum Gasteiger partial charge on any atom is -0.481 e. The molecule has 1 unspecified atom stereocenters. The molecule has 1 aliphatic rings. The standard InChI is InChI=1S/C11H17N3O4S/c1-8(11(15)16)7-13(2)19(17,18)10-6-12-9-4-3-5-14(9)10/h6,8H,3-5,7H2,1-2H3,(H,15,16). The monoisotopic (exact) mass is 287 g/mol. The fourth-order valence-corrected chi connectivity index (χ4v) is 3.56. The molecule has 0 radical (unpaired) electrons. The Hall–Kier alpha value is -1.41. The summed E-state index contributed by atoms with van der Waals surface area (Å²) in [6.07, 6.45) is 3.03. The molecule has 106 valence electrons. The minimum atomic E-state index is -3.68. The Morgan fingerprint density at radius 1 is 1.63 bits per heavy atom. The molecule has 0 bridgehead atoms. The van der Waals surface area contributed by atoms with E-state index in [-0.39, 0.29) is 11.6 Å². The first-order valence-electron chi connectivity index (χ1n) is 6.07. The molecule has 0 amide bonds. The summed E-state index contributed by atoms with van der Waals surface area (Å²) in [5.41, 5.74) is 0. The van der Waals surface area contributed by atoms with Gasteiger partial charge in [0.2, 0.25) is 0 Å². The number of aromatic nitrogens is 2. The highest BCUT2D eigenvalue weighted by atomic mass is 32.2. The van der Waals surface area contributed by atoms with Crippen LogP contribution in [0.2, 0.25) is 0 Å². The summed E-state index contributed by atoms with van der Waals surface area (Å²) >= 11 is 0. The first-order chi connectivity index (χ1) is 8.84. The second kappa shape index (κ2) is 4.93. The van der Waals surface area contributed by atoms with Gasteiger partial charge >= 0.3 is 5.97 Å². The summed E-state index contributed by atoms with van der Waals surface area (Å²) in [6, 6.07) is 0. The van der Waals surface area contributed by atoms with Gasteiger partial charge in [0, 0.05) is 26.6 Å². The molecule has 8 heteroatoms. The summed E-state index contributed by atoms with van der Waals surface area (Å²) in [4.78, 5) is 14.9. The average molecular weight is 287 g/mol. The van der Waals surface area contributed by atoms with E-state index in [4.69, 9.17) is 5.11 Å². The van der Waals surface area contributed by atoms with Crippen molar-refractivity contribution in [2.75, 3.05) is 13.6 Å². The van der Waals surface area contributed by atoms with Crippen LogP contribution in [0, 0.1) is 5.92 Å². The normalized spacial score (nSPS) is 16.6. The van der Waals surface area contributed by atoms with Gasteiger partial charge in [0.05, 0.1) is 12.1 Å². The Kier molecular flexibility index (Phi) is 3.64. The maximum absolute atomic E-state index is 12.4. The minimum absolute atomic E-state index is 0.0574. The lowest BCUT2D eigenvalue weighted by atomic mass is 10.2. The maximum atomic E-state index is 12.4. The Balaban J connectivity index is 2.24. The van der Waals surface area contributed by atoms with Crippen LogP contribution in [0.25, 0.3) is 0 Å². The van der Waals surface area contributed by atoms with E-state index >= 15 is 0 Å². The molecule has 19 heavy (non-hydrogen) atoms. The number of rotatable bonds is 5. The summed E-state index contributed by atoms with van der Waals surface area (Å²) in [7, 11) is -2.29. The lowest BCUT2D eigenvalue weighted by Gasteiger charge is -2.19. The van der Waals surface area contributed by atoms with Crippen molar-refractivity contribution in [2.45, 2.75) is 31.3 Å². The van der Waals surface area contributed by atoms with Gasteiger partial charge in [-0.15, -0.1) is 0 Å². The van der Waals surface area contributed by atoms with Crippen LogP contribution in [0.3, 0.4) is 0 Å². The smallest absolute Gasteiger partial charge is 0.307 e. The van der Waals surface area contributed by atoms with Gasteiger partial charge in [0.1, 0.15) is 5.82 Å². The SMILES string of the molecule is CC(CN(C)S(=O)(=O)c1cnc2n1CCC2)C(=O)O. The number of aryl methyl sites for hydroxylation is 1. The molecule has 0 fully saturated rings. The highest BCUT2D eigenvalue weighted by Gasteiger charge is 2.30. The molecule has 1 aromatic heterocycles. The number of fused-ring (bicyclic) bond motifs is 1. The zero-order valence-electron chi connectivity index (χ0n) is 10.9.